The lowest BCUT2D eigenvalue weighted by Gasteiger charge is -2.37. The van der Waals surface area contributed by atoms with Crippen LogP contribution in [0.1, 0.15) is 21.7 Å². The summed E-state index contributed by atoms with van der Waals surface area (Å²) in [5, 5.41) is 14.3. The number of nitrogens with one attached hydrogen (secondary N) is 1. The van der Waals surface area contributed by atoms with Crippen molar-refractivity contribution in [2.24, 2.45) is 0 Å². The first-order valence-corrected chi connectivity index (χ1v) is 13.8. The first-order valence-electron chi connectivity index (χ1n) is 13.4. The maximum Gasteiger partial charge on any atom is 0.271 e. The molecule has 3 aromatic carbocycles. The molecule has 208 valence electrons. The predicted octanol–water partition coefficient (Wildman–Crippen LogP) is 4.86. The van der Waals surface area contributed by atoms with Crippen LogP contribution in [0.15, 0.2) is 72.8 Å². The minimum atomic E-state index is -0.725. The highest BCUT2D eigenvalue weighted by molar-refractivity contribution is 6.31. The lowest BCUT2D eigenvalue weighted by atomic mass is 10.1. The molecule has 0 unspecified atom stereocenters. The molecule has 5 rings (SSSR count). The van der Waals surface area contributed by atoms with Gasteiger partial charge in [-0.3, -0.25) is 14.3 Å². The number of carbonyl (C=O) groups excluding carboxylic acids is 1. The normalized spacial score (nSPS) is 14.8. The van der Waals surface area contributed by atoms with Crippen molar-refractivity contribution < 1.29 is 14.3 Å². The van der Waals surface area contributed by atoms with Gasteiger partial charge in [0, 0.05) is 61.2 Å². The molecular formula is C31H33ClFN5O2. The van der Waals surface area contributed by atoms with Crippen LogP contribution in [-0.2, 0) is 0 Å². The van der Waals surface area contributed by atoms with Gasteiger partial charge < -0.3 is 15.3 Å². The van der Waals surface area contributed by atoms with Crippen molar-refractivity contribution >= 4 is 23.2 Å². The van der Waals surface area contributed by atoms with E-state index in [1.54, 1.807) is 12.1 Å². The fourth-order valence-electron chi connectivity index (χ4n) is 5.17. The van der Waals surface area contributed by atoms with Crippen LogP contribution in [0.25, 0.3) is 17.1 Å². The SMILES string of the molecule is Cc1c(Cl)cccc1N1CCN(C[C@@H](O)CNC(=O)c2nc(-c3ccccc3)n(-c3ccc(F)cc3)c2C)CC1. The molecular weight excluding hydrogens is 529 g/mol. The third-order valence-electron chi connectivity index (χ3n) is 7.36. The quantitative estimate of drug-likeness (QED) is 0.321. The molecule has 0 aliphatic carbocycles. The van der Waals surface area contributed by atoms with E-state index in [2.05, 4.69) is 26.2 Å². The summed E-state index contributed by atoms with van der Waals surface area (Å²) in [6.07, 6.45) is -0.725. The molecule has 9 heteroatoms. The molecule has 1 aliphatic rings. The number of aromatic nitrogens is 2. The number of imidazole rings is 1. The Bertz CT molecular complexity index is 1470. The molecule has 1 atom stereocenters. The molecule has 1 saturated heterocycles. The Labute approximate surface area is 238 Å². The van der Waals surface area contributed by atoms with Crippen LogP contribution >= 0.6 is 11.6 Å². The lowest BCUT2D eigenvalue weighted by molar-refractivity contribution is 0.0847. The minimum Gasteiger partial charge on any atom is -0.390 e. The van der Waals surface area contributed by atoms with Gasteiger partial charge in [-0.1, -0.05) is 48.0 Å². The van der Waals surface area contributed by atoms with Crippen LogP contribution in [-0.4, -0.2) is 70.8 Å². The van der Waals surface area contributed by atoms with Gasteiger partial charge in [-0.2, -0.15) is 0 Å². The zero-order valence-electron chi connectivity index (χ0n) is 22.6. The summed E-state index contributed by atoms with van der Waals surface area (Å²) in [4.78, 5) is 22.4. The van der Waals surface area contributed by atoms with Gasteiger partial charge in [0.1, 0.15) is 17.3 Å². The number of β-amino-alcohol motifs (C(OH)–C–C–N with tert-alkyl or cyclic N) is 1. The summed E-state index contributed by atoms with van der Waals surface area (Å²) < 4.78 is 15.5. The summed E-state index contributed by atoms with van der Waals surface area (Å²) in [5.74, 6) is -0.116. The van der Waals surface area contributed by atoms with Crippen molar-refractivity contribution in [3.8, 4) is 17.1 Å². The maximum absolute atomic E-state index is 13.6. The maximum atomic E-state index is 13.6. The largest absolute Gasteiger partial charge is 0.390 e. The molecule has 1 fully saturated rings. The Morgan fingerprint density at radius 1 is 1.00 bits per heavy atom. The second-order valence-electron chi connectivity index (χ2n) is 10.1. The zero-order valence-corrected chi connectivity index (χ0v) is 23.4. The minimum absolute atomic E-state index is 0.107. The molecule has 1 amide bonds. The number of amides is 1. The number of rotatable bonds is 8. The van der Waals surface area contributed by atoms with Crippen molar-refractivity contribution in [1.82, 2.24) is 19.8 Å². The fourth-order valence-corrected chi connectivity index (χ4v) is 5.34. The first kappa shape index (κ1) is 27.8. The Kier molecular flexibility index (Phi) is 8.49. The van der Waals surface area contributed by atoms with E-state index in [0.29, 0.717) is 23.8 Å². The number of piperazine rings is 1. The Morgan fingerprint density at radius 3 is 2.40 bits per heavy atom. The van der Waals surface area contributed by atoms with E-state index in [1.165, 1.54) is 12.1 Å². The lowest BCUT2D eigenvalue weighted by Crippen LogP contribution is -2.50. The van der Waals surface area contributed by atoms with Crippen molar-refractivity contribution in [3.05, 3.63) is 101 Å². The van der Waals surface area contributed by atoms with Gasteiger partial charge in [0.05, 0.1) is 11.8 Å². The molecule has 0 saturated carbocycles. The topological polar surface area (TPSA) is 73.6 Å². The molecule has 0 radical (unpaired) electrons. The molecule has 2 N–H and O–H groups in total. The molecule has 7 nitrogen and oxygen atoms in total. The average molecular weight is 562 g/mol. The van der Waals surface area contributed by atoms with Gasteiger partial charge in [-0.05, 0) is 55.8 Å². The third-order valence-corrected chi connectivity index (χ3v) is 7.77. The van der Waals surface area contributed by atoms with E-state index in [0.717, 1.165) is 48.0 Å². The van der Waals surface area contributed by atoms with Crippen molar-refractivity contribution in [2.45, 2.75) is 20.0 Å². The van der Waals surface area contributed by atoms with E-state index in [9.17, 15) is 14.3 Å². The van der Waals surface area contributed by atoms with E-state index in [4.69, 9.17) is 11.6 Å². The third kappa shape index (κ3) is 6.04. The highest BCUT2D eigenvalue weighted by Crippen LogP contribution is 2.28. The molecule has 0 spiro atoms. The summed E-state index contributed by atoms with van der Waals surface area (Å²) in [6, 6.07) is 21.6. The van der Waals surface area contributed by atoms with Crippen LogP contribution in [0, 0.1) is 19.7 Å². The fraction of sp³-hybridized carbons (Fsp3) is 0.290. The van der Waals surface area contributed by atoms with Gasteiger partial charge >= 0.3 is 0 Å². The first-order chi connectivity index (χ1) is 19.3. The molecule has 4 aromatic rings. The summed E-state index contributed by atoms with van der Waals surface area (Å²) in [7, 11) is 0. The van der Waals surface area contributed by atoms with Gasteiger partial charge in [-0.25, -0.2) is 9.37 Å². The molecule has 0 bridgehead atoms. The smallest absolute Gasteiger partial charge is 0.271 e. The summed E-state index contributed by atoms with van der Waals surface area (Å²) in [5.41, 5.74) is 4.65. The van der Waals surface area contributed by atoms with Crippen LogP contribution in [0.2, 0.25) is 5.02 Å². The summed E-state index contributed by atoms with van der Waals surface area (Å²) in [6.45, 7) is 7.69. The molecule has 1 aliphatic heterocycles. The number of hydrogen-bond donors (Lipinski definition) is 2. The summed E-state index contributed by atoms with van der Waals surface area (Å²) >= 11 is 6.30. The Balaban J connectivity index is 1.22. The van der Waals surface area contributed by atoms with Crippen molar-refractivity contribution in [3.63, 3.8) is 0 Å². The van der Waals surface area contributed by atoms with Gasteiger partial charge in [0.15, 0.2) is 0 Å². The van der Waals surface area contributed by atoms with E-state index in [1.807, 2.05) is 60.9 Å². The second-order valence-corrected chi connectivity index (χ2v) is 10.5. The predicted molar refractivity (Wildman–Crippen MR) is 157 cm³/mol. The molecule has 2 heterocycles. The number of carbonyl (C=O) groups is 1. The van der Waals surface area contributed by atoms with Crippen molar-refractivity contribution in [1.29, 1.82) is 0 Å². The number of benzene rings is 3. The number of anilines is 1. The standard InChI is InChI=1S/C31H33ClFN5O2/c1-21-27(32)9-6-10-28(21)37-17-15-36(16-18-37)20-26(39)19-34-31(40)29-22(2)38(25-13-11-24(33)12-14-25)30(35-29)23-7-4-3-5-8-23/h3-14,26,39H,15-20H2,1-2H3,(H,34,40)/t26-/m0/s1. The average Bonchev–Trinajstić information content (AvgIpc) is 3.31. The highest BCUT2D eigenvalue weighted by Gasteiger charge is 2.24. The van der Waals surface area contributed by atoms with E-state index >= 15 is 0 Å². The van der Waals surface area contributed by atoms with E-state index < -0.39 is 6.10 Å². The number of nitrogens with zero attached hydrogens (tertiary/aromatic N) is 4. The van der Waals surface area contributed by atoms with Crippen molar-refractivity contribution in [2.75, 3.05) is 44.2 Å². The van der Waals surface area contributed by atoms with Gasteiger partial charge in [0.2, 0.25) is 0 Å². The second kappa shape index (κ2) is 12.2. The number of hydrogen-bond acceptors (Lipinski definition) is 5. The monoisotopic (exact) mass is 561 g/mol. The van der Waals surface area contributed by atoms with E-state index in [-0.39, 0.29) is 24.0 Å². The Hall–Kier alpha value is -3.72. The zero-order chi connectivity index (χ0) is 28.2. The van der Waals surface area contributed by atoms with Crippen LogP contribution in [0.3, 0.4) is 0 Å². The Morgan fingerprint density at radius 2 is 1.70 bits per heavy atom. The number of aliphatic hydroxyl groups excluding tert-OH is 1. The number of aliphatic hydroxyl groups is 1. The highest BCUT2D eigenvalue weighted by atomic mass is 35.5. The molecule has 1 aromatic heterocycles. The molecule has 40 heavy (non-hydrogen) atoms. The van der Waals surface area contributed by atoms with Crippen LogP contribution < -0.4 is 10.2 Å². The van der Waals surface area contributed by atoms with Gasteiger partial charge in [0.25, 0.3) is 5.91 Å². The number of halogens is 2. The van der Waals surface area contributed by atoms with Gasteiger partial charge in [-0.15, -0.1) is 0 Å². The van der Waals surface area contributed by atoms with Crippen LogP contribution in [0.4, 0.5) is 10.1 Å². The van der Waals surface area contributed by atoms with Crippen LogP contribution in [0.5, 0.6) is 0 Å².